The Labute approximate surface area is 112 Å². The molecule has 1 unspecified atom stereocenters. The van der Waals surface area contributed by atoms with Gasteiger partial charge in [0, 0.05) is 22.5 Å². The molecule has 0 aliphatic heterocycles. The fraction of sp³-hybridized carbons (Fsp3) is 0.214. The molecular formula is C14H17N3S. The number of nitrogens with one attached hydrogen (secondary N) is 2. The molecule has 1 aromatic carbocycles. The van der Waals surface area contributed by atoms with Crippen molar-refractivity contribution in [1.82, 2.24) is 10.2 Å². The number of para-hydroxylation sites is 1. The molecule has 0 amide bonds. The Morgan fingerprint density at radius 3 is 3.00 bits per heavy atom. The van der Waals surface area contributed by atoms with Gasteiger partial charge in [-0.1, -0.05) is 18.2 Å². The number of aromatic amines is 1. The Hall–Kier alpha value is -1.68. The zero-order valence-corrected chi connectivity index (χ0v) is 11.2. The van der Waals surface area contributed by atoms with E-state index in [1.807, 2.05) is 18.2 Å². The summed E-state index contributed by atoms with van der Waals surface area (Å²) in [4.78, 5) is 1.24. The SMILES string of the molecule is C=CCSc1ccccc1NC(C)c1ccn[nH]1. The topological polar surface area (TPSA) is 40.7 Å². The van der Waals surface area contributed by atoms with Crippen LogP contribution in [-0.4, -0.2) is 16.0 Å². The molecule has 18 heavy (non-hydrogen) atoms. The van der Waals surface area contributed by atoms with E-state index in [9.17, 15) is 0 Å². The van der Waals surface area contributed by atoms with Gasteiger partial charge in [0.15, 0.2) is 0 Å². The van der Waals surface area contributed by atoms with Gasteiger partial charge >= 0.3 is 0 Å². The highest BCUT2D eigenvalue weighted by atomic mass is 32.2. The average Bonchev–Trinajstić information content (AvgIpc) is 2.91. The van der Waals surface area contributed by atoms with Crippen molar-refractivity contribution in [3.8, 4) is 0 Å². The van der Waals surface area contributed by atoms with Crippen LogP contribution in [0.15, 0.2) is 54.1 Å². The summed E-state index contributed by atoms with van der Waals surface area (Å²) < 4.78 is 0. The van der Waals surface area contributed by atoms with E-state index < -0.39 is 0 Å². The summed E-state index contributed by atoms with van der Waals surface area (Å²) in [5, 5.41) is 10.5. The molecule has 0 saturated carbocycles. The van der Waals surface area contributed by atoms with Crippen LogP contribution < -0.4 is 5.32 Å². The molecule has 4 heteroatoms. The summed E-state index contributed by atoms with van der Waals surface area (Å²) in [7, 11) is 0. The quantitative estimate of drug-likeness (QED) is 0.611. The van der Waals surface area contributed by atoms with Gasteiger partial charge < -0.3 is 5.32 Å². The van der Waals surface area contributed by atoms with Gasteiger partial charge in [0.05, 0.1) is 11.7 Å². The van der Waals surface area contributed by atoms with Crippen LogP contribution in [0.3, 0.4) is 0 Å². The van der Waals surface area contributed by atoms with Crippen LogP contribution in [0.2, 0.25) is 0 Å². The van der Waals surface area contributed by atoms with Crippen LogP contribution in [0, 0.1) is 0 Å². The third kappa shape index (κ3) is 3.17. The maximum absolute atomic E-state index is 3.97. The number of hydrogen-bond donors (Lipinski definition) is 2. The number of rotatable bonds is 6. The molecule has 2 rings (SSSR count). The lowest BCUT2D eigenvalue weighted by atomic mass is 10.2. The van der Waals surface area contributed by atoms with Crippen LogP contribution in [0.1, 0.15) is 18.7 Å². The van der Waals surface area contributed by atoms with E-state index in [1.54, 1.807) is 18.0 Å². The molecule has 3 nitrogen and oxygen atoms in total. The number of hydrogen-bond acceptors (Lipinski definition) is 3. The highest BCUT2D eigenvalue weighted by Gasteiger charge is 2.08. The van der Waals surface area contributed by atoms with E-state index in [0.717, 1.165) is 17.1 Å². The van der Waals surface area contributed by atoms with Crippen LogP contribution in [-0.2, 0) is 0 Å². The summed E-state index contributed by atoms with van der Waals surface area (Å²) in [5.41, 5.74) is 2.23. The molecule has 0 spiro atoms. The van der Waals surface area contributed by atoms with Gasteiger partial charge in [-0.2, -0.15) is 5.10 Å². The molecule has 0 saturated heterocycles. The van der Waals surface area contributed by atoms with E-state index in [2.05, 4.69) is 47.2 Å². The van der Waals surface area contributed by atoms with Crippen molar-refractivity contribution in [2.75, 3.05) is 11.1 Å². The second-order valence-electron chi connectivity index (χ2n) is 3.97. The summed E-state index contributed by atoms with van der Waals surface area (Å²) in [6.07, 6.45) is 3.69. The van der Waals surface area contributed by atoms with Crippen LogP contribution in [0.25, 0.3) is 0 Å². The Morgan fingerprint density at radius 2 is 2.28 bits per heavy atom. The summed E-state index contributed by atoms with van der Waals surface area (Å²) in [5.74, 6) is 0.914. The lowest BCUT2D eigenvalue weighted by Gasteiger charge is -2.16. The normalized spacial score (nSPS) is 12.1. The minimum Gasteiger partial charge on any atom is -0.376 e. The smallest absolute Gasteiger partial charge is 0.0651 e. The molecule has 0 radical (unpaired) electrons. The van der Waals surface area contributed by atoms with Crippen molar-refractivity contribution in [2.24, 2.45) is 0 Å². The van der Waals surface area contributed by atoms with E-state index in [1.165, 1.54) is 4.90 Å². The molecule has 2 aromatic rings. The van der Waals surface area contributed by atoms with Crippen LogP contribution in [0.5, 0.6) is 0 Å². The molecule has 0 fully saturated rings. The predicted octanol–water partition coefficient (Wildman–Crippen LogP) is 3.86. The number of benzene rings is 1. The van der Waals surface area contributed by atoms with Crippen molar-refractivity contribution >= 4 is 17.4 Å². The minimum atomic E-state index is 0.206. The van der Waals surface area contributed by atoms with Gasteiger partial charge in [0.2, 0.25) is 0 Å². The fourth-order valence-corrected chi connectivity index (χ4v) is 2.43. The lowest BCUT2D eigenvalue weighted by Crippen LogP contribution is -2.07. The summed E-state index contributed by atoms with van der Waals surface area (Å²) in [6.45, 7) is 5.87. The van der Waals surface area contributed by atoms with Gasteiger partial charge in [0.25, 0.3) is 0 Å². The first-order chi connectivity index (χ1) is 8.81. The largest absolute Gasteiger partial charge is 0.376 e. The maximum Gasteiger partial charge on any atom is 0.0651 e. The predicted molar refractivity (Wildman–Crippen MR) is 78.0 cm³/mol. The number of nitrogens with zero attached hydrogens (tertiary/aromatic N) is 1. The van der Waals surface area contributed by atoms with Gasteiger partial charge in [-0.15, -0.1) is 18.3 Å². The van der Waals surface area contributed by atoms with Crippen molar-refractivity contribution in [3.05, 3.63) is 54.9 Å². The molecule has 1 heterocycles. The maximum atomic E-state index is 3.97. The molecule has 1 aromatic heterocycles. The van der Waals surface area contributed by atoms with E-state index in [-0.39, 0.29) is 6.04 Å². The minimum absolute atomic E-state index is 0.206. The van der Waals surface area contributed by atoms with Crippen molar-refractivity contribution in [3.63, 3.8) is 0 Å². The molecular weight excluding hydrogens is 242 g/mol. The Balaban J connectivity index is 2.10. The standard InChI is InChI=1S/C14H17N3S/c1-3-10-18-14-7-5-4-6-13(14)16-11(2)12-8-9-15-17-12/h3-9,11,16H,1,10H2,2H3,(H,15,17). The number of anilines is 1. The molecule has 0 bridgehead atoms. The Morgan fingerprint density at radius 1 is 1.44 bits per heavy atom. The van der Waals surface area contributed by atoms with Crippen molar-refractivity contribution in [1.29, 1.82) is 0 Å². The molecule has 0 aliphatic carbocycles. The van der Waals surface area contributed by atoms with Gasteiger partial charge in [0.1, 0.15) is 0 Å². The second kappa shape index (κ2) is 6.31. The highest BCUT2D eigenvalue weighted by molar-refractivity contribution is 7.99. The number of H-pyrrole nitrogens is 1. The van der Waals surface area contributed by atoms with Crippen LogP contribution >= 0.6 is 11.8 Å². The summed E-state index contributed by atoms with van der Waals surface area (Å²) >= 11 is 1.78. The van der Waals surface area contributed by atoms with Gasteiger partial charge in [-0.05, 0) is 25.1 Å². The second-order valence-corrected chi connectivity index (χ2v) is 5.04. The van der Waals surface area contributed by atoms with E-state index in [4.69, 9.17) is 0 Å². The van der Waals surface area contributed by atoms with E-state index >= 15 is 0 Å². The van der Waals surface area contributed by atoms with Gasteiger partial charge in [-0.3, -0.25) is 5.10 Å². The average molecular weight is 259 g/mol. The number of aromatic nitrogens is 2. The zero-order chi connectivity index (χ0) is 12.8. The number of thioether (sulfide) groups is 1. The Kier molecular flexibility index (Phi) is 4.47. The first kappa shape index (κ1) is 12.8. The molecule has 94 valence electrons. The Bertz CT molecular complexity index is 494. The first-order valence-corrected chi connectivity index (χ1v) is 6.88. The molecule has 1 atom stereocenters. The zero-order valence-electron chi connectivity index (χ0n) is 10.4. The molecule has 2 N–H and O–H groups in total. The van der Waals surface area contributed by atoms with Gasteiger partial charge in [-0.25, -0.2) is 0 Å². The monoisotopic (exact) mass is 259 g/mol. The highest BCUT2D eigenvalue weighted by Crippen LogP contribution is 2.29. The third-order valence-electron chi connectivity index (χ3n) is 2.60. The molecule has 0 aliphatic rings. The fourth-order valence-electron chi connectivity index (χ4n) is 1.68. The first-order valence-electron chi connectivity index (χ1n) is 5.90. The van der Waals surface area contributed by atoms with E-state index in [0.29, 0.717) is 0 Å². The lowest BCUT2D eigenvalue weighted by molar-refractivity contribution is 0.822. The van der Waals surface area contributed by atoms with Crippen molar-refractivity contribution < 1.29 is 0 Å². The third-order valence-corrected chi connectivity index (χ3v) is 3.67. The van der Waals surface area contributed by atoms with Crippen molar-refractivity contribution in [2.45, 2.75) is 17.9 Å². The summed E-state index contributed by atoms with van der Waals surface area (Å²) in [6, 6.07) is 10.5. The van der Waals surface area contributed by atoms with Crippen LogP contribution in [0.4, 0.5) is 5.69 Å².